The van der Waals surface area contributed by atoms with Crippen LogP contribution in [0, 0.1) is 0 Å². The lowest BCUT2D eigenvalue weighted by Crippen LogP contribution is -1.88. The van der Waals surface area contributed by atoms with E-state index in [4.69, 9.17) is 17.3 Å². The molecular formula is C12H10ClNO. The van der Waals surface area contributed by atoms with Crippen molar-refractivity contribution in [1.82, 2.24) is 0 Å². The summed E-state index contributed by atoms with van der Waals surface area (Å²) in [6, 6.07) is 12.6. The molecule has 2 rings (SSSR count). The Kier molecular flexibility index (Phi) is 2.52. The average Bonchev–Trinajstić information content (AvgIpc) is 2.23. The molecule has 0 spiro atoms. The molecule has 0 aliphatic carbocycles. The lowest BCUT2D eigenvalue weighted by atomic mass is 10.0. The predicted molar refractivity (Wildman–Crippen MR) is 63.0 cm³/mol. The van der Waals surface area contributed by atoms with Gasteiger partial charge in [0.15, 0.2) is 0 Å². The Morgan fingerprint density at radius 1 is 1.07 bits per heavy atom. The van der Waals surface area contributed by atoms with Crippen molar-refractivity contribution in [2.24, 2.45) is 0 Å². The summed E-state index contributed by atoms with van der Waals surface area (Å²) in [5.74, 6) is 0.0786. The van der Waals surface area contributed by atoms with E-state index in [9.17, 15) is 5.11 Å². The molecular weight excluding hydrogens is 210 g/mol. The number of benzene rings is 2. The minimum absolute atomic E-state index is 0.0786. The molecule has 0 heterocycles. The highest BCUT2D eigenvalue weighted by Crippen LogP contribution is 2.31. The summed E-state index contributed by atoms with van der Waals surface area (Å²) in [6.07, 6.45) is 0. The zero-order chi connectivity index (χ0) is 10.8. The molecule has 0 aliphatic rings. The van der Waals surface area contributed by atoms with Crippen molar-refractivity contribution in [3.8, 4) is 16.9 Å². The maximum atomic E-state index is 9.30. The number of hydrogen-bond acceptors (Lipinski definition) is 2. The number of rotatable bonds is 1. The largest absolute Gasteiger partial charge is 0.506 e. The van der Waals surface area contributed by atoms with Gasteiger partial charge in [0.05, 0.1) is 5.02 Å². The van der Waals surface area contributed by atoms with Crippen molar-refractivity contribution in [3.05, 3.63) is 47.5 Å². The molecule has 15 heavy (non-hydrogen) atoms. The second-order valence-corrected chi connectivity index (χ2v) is 3.66. The number of hydrogen-bond donors (Lipinski definition) is 2. The summed E-state index contributed by atoms with van der Waals surface area (Å²) < 4.78 is 0. The number of halogens is 1. The topological polar surface area (TPSA) is 46.2 Å². The van der Waals surface area contributed by atoms with E-state index in [-0.39, 0.29) is 5.75 Å². The lowest BCUT2D eigenvalue weighted by molar-refractivity contribution is 0.475. The van der Waals surface area contributed by atoms with E-state index in [1.54, 1.807) is 18.2 Å². The zero-order valence-electron chi connectivity index (χ0n) is 7.94. The molecule has 0 atom stereocenters. The fourth-order valence-corrected chi connectivity index (χ4v) is 1.61. The van der Waals surface area contributed by atoms with Crippen LogP contribution in [0.1, 0.15) is 0 Å². The Hall–Kier alpha value is -1.67. The van der Waals surface area contributed by atoms with Crippen LogP contribution in [-0.2, 0) is 0 Å². The van der Waals surface area contributed by atoms with Gasteiger partial charge in [-0.25, -0.2) is 0 Å². The smallest absolute Gasteiger partial charge is 0.134 e. The van der Waals surface area contributed by atoms with Crippen LogP contribution in [0.5, 0.6) is 5.75 Å². The molecule has 0 aromatic heterocycles. The maximum Gasteiger partial charge on any atom is 0.134 e. The predicted octanol–water partition coefficient (Wildman–Crippen LogP) is 3.29. The third-order valence-corrected chi connectivity index (χ3v) is 2.52. The molecule has 0 radical (unpaired) electrons. The van der Waals surface area contributed by atoms with Crippen molar-refractivity contribution in [1.29, 1.82) is 0 Å². The number of aromatic hydroxyl groups is 1. The number of para-hydroxylation sites is 1. The standard InChI is InChI=1S/C12H10ClNO/c13-10-7-8(5-6-12(10)15)9-3-1-2-4-11(9)14/h1-7,15H,14H2. The first-order valence-electron chi connectivity index (χ1n) is 4.52. The molecule has 0 saturated heterocycles. The van der Waals surface area contributed by atoms with Crippen LogP contribution in [0.2, 0.25) is 5.02 Å². The van der Waals surface area contributed by atoms with Gasteiger partial charge in [0.1, 0.15) is 5.75 Å². The van der Waals surface area contributed by atoms with Crippen LogP contribution >= 0.6 is 11.6 Å². The van der Waals surface area contributed by atoms with E-state index in [1.165, 1.54) is 0 Å². The summed E-state index contributed by atoms with van der Waals surface area (Å²) in [4.78, 5) is 0. The third kappa shape index (κ3) is 1.90. The summed E-state index contributed by atoms with van der Waals surface area (Å²) in [5, 5.41) is 9.63. The lowest BCUT2D eigenvalue weighted by Gasteiger charge is -2.06. The molecule has 3 N–H and O–H groups in total. The van der Waals surface area contributed by atoms with E-state index in [0.717, 1.165) is 11.1 Å². The minimum atomic E-state index is 0.0786. The van der Waals surface area contributed by atoms with Crippen molar-refractivity contribution in [2.45, 2.75) is 0 Å². The first-order valence-corrected chi connectivity index (χ1v) is 4.89. The first kappa shape index (κ1) is 9.87. The van der Waals surface area contributed by atoms with Gasteiger partial charge in [0, 0.05) is 11.3 Å². The first-order chi connectivity index (χ1) is 7.18. The van der Waals surface area contributed by atoms with Gasteiger partial charge in [0.2, 0.25) is 0 Å². The molecule has 0 saturated carbocycles. The fourth-order valence-electron chi connectivity index (χ4n) is 1.43. The molecule has 2 nitrogen and oxygen atoms in total. The Morgan fingerprint density at radius 3 is 2.47 bits per heavy atom. The molecule has 0 aliphatic heterocycles. The van der Waals surface area contributed by atoms with Gasteiger partial charge in [0.25, 0.3) is 0 Å². The van der Waals surface area contributed by atoms with Crippen molar-refractivity contribution in [3.63, 3.8) is 0 Å². The van der Waals surface area contributed by atoms with Gasteiger partial charge in [-0.2, -0.15) is 0 Å². The fraction of sp³-hybridized carbons (Fsp3) is 0. The van der Waals surface area contributed by atoms with Crippen LogP contribution in [-0.4, -0.2) is 5.11 Å². The van der Waals surface area contributed by atoms with Crippen molar-refractivity contribution >= 4 is 17.3 Å². The summed E-state index contributed by atoms with van der Waals surface area (Å²) >= 11 is 5.83. The molecule has 0 unspecified atom stereocenters. The van der Waals surface area contributed by atoms with E-state index in [2.05, 4.69) is 0 Å². The van der Waals surface area contributed by atoms with Gasteiger partial charge >= 0.3 is 0 Å². The zero-order valence-corrected chi connectivity index (χ0v) is 8.70. The third-order valence-electron chi connectivity index (χ3n) is 2.22. The van der Waals surface area contributed by atoms with Crippen LogP contribution in [0.15, 0.2) is 42.5 Å². The van der Waals surface area contributed by atoms with Gasteiger partial charge in [-0.15, -0.1) is 0 Å². The number of phenols is 1. The Balaban J connectivity index is 2.55. The van der Waals surface area contributed by atoms with Crippen LogP contribution in [0.4, 0.5) is 5.69 Å². The molecule has 2 aromatic carbocycles. The van der Waals surface area contributed by atoms with Gasteiger partial charge in [-0.3, -0.25) is 0 Å². The Morgan fingerprint density at radius 2 is 1.80 bits per heavy atom. The number of nitrogens with two attached hydrogens (primary N) is 1. The number of anilines is 1. The van der Waals surface area contributed by atoms with Crippen molar-refractivity contribution in [2.75, 3.05) is 5.73 Å². The Labute approximate surface area is 92.9 Å². The van der Waals surface area contributed by atoms with Crippen molar-refractivity contribution < 1.29 is 5.11 Å². The molecule has 0 bridgehead atoms. The van der Waals surface area contributed by atoms with E-state index < -0.39 is 0 Å². The highest BCUT2D eigenvalue weighted by Gasteiger charge is 2.04. The maximum absolute atomic E-state index is 9.30. The van der Waals surface area contributed by atoms with Gasteiger partial charge in [-0.1, -0.05) is 35.9 Å². The molecule has 0 fully saturated rings. The van der Waals surface area contributed by atoms with E-state index >= 15 is 0 Å². The van der Waals surface area contributed by atoms with Crippen LogP contribution in [0.25, 0.3) is 11.1 Å². The summed E-state index contributed by atoms with van der Waals surface area (Å²) in [7, 11) is 0. The minimum Gasteiger partial charge on any atom is -0.506 e. The summed E-state index contributed by atoms with van der Waals surface area (Å²) in [6.45, 7) is 0. The van der Waals surface area contributed by atoms with Gasteiger partial charge < -0.3 is 10.8 Å². The normalized spacial score (nSPS) is 10.2. The number of nitrogen functional groups attached to an aromatic ring is 1. The van der Waals surface area contributed by atoms with Crippen LogP contribution < -0.4 is 5.73 Å². The molecule has 76 valence electrons. The van der Waals surface area contributed by atoms with Gasteiger partial charge in [-0.05, 0) is 23.8 Å². The highest BCUT2D eigenvalue weighted by molar-refractivity contribution is 6.32. The van der Waals surface area contributed by atoms with Crippen LogP contribution in [0.3, 0.4) is 0 Å². The molecule has 0 amide bonds. The number of phenolic OH excluding ortho intramolecular Hbond substituents is 1. The monoisotopic (exact) mass is 219 g/mol. The highest BCUT2D eigenvalue weighted by atomic mass is 35.5. The SMILES string of the molecule is Nc1ccccc1-c1ccc(O)c(Cl)c1. The quantitative estimate of drug-likeness (QED) is 0.723. The molecule has 2 aromatic rings. The van der Waals surface area contributed by atoms with E-state index in [0.29, 0.717) is 10.7 Å². The second-order valence-electron chi connectivity index (χ2n) is 3.25. The Bertz CT molecular complexity index is 497. The van der Waals surface area contributed by atoms with E-state index in [1.807, 2.05) is 24.3 Å². The second kappa shape index (κ2) is 3.83. The molecule has 3 heteroatoms. The average molecular weight is 220 g/mol. The summed E-state index contributed by atoms with van der Waals surface area (Å²) in [5.41, 5.74) is 8.34.